The van der Waals surface area contributed by atoms with E-state index in [1.165, 1.54) is 3.57 Å². The minimum absolute atomic E-state index is 0.263. The lowest BCUT2D eigenvalue weighted by Gasteiger charge is -2.26. The monoisotopic (exact) mass is 318 g/mol. The van der Waals surface area contributed by atoms with Crippen LogP contribution in [-0.2, 0) is 4.74 Å². The Morgan fingerprint density at radius 2 is 2.07 bits per heavy atom. The van der Waals surface area contributed by atoms with Crippen molar-refractivity contribution >= 4 is 22.6 Å². The molecule has 1 heterocycles. The van der Waals surface area contributed by atoms with E-state index in [0.717, 1.165) is 25.0 Å². The van der Waals surface area contributed by atoms with Crippen molar-refractivity contribution < 1.29 is 9.84 Å². The highest BCUT2D eigenvalue weighted by atomic mass is 127. The number of ether oxygens (including phenoxy) is 1. The van der Waals surface area contributed by atoms with E-state index in [-0.39, 0.29) is 12.0 Å². The van der Waals surface area contributed by atoms with Gasteiger partial charge in [-0.15, -0.1) is 0 Å². The molecular formula is C12H15IO2. The second-order valence-corrected chi connectivity index (χ2v) is 5.22. The van der Waals surface area contributed by atoms with Crippen molar-refractivity contribution in [2.45, 2.75) is 18.9 Å². The predicted molar refractivity (Wildman–Crippen MR) is 67.7 cm³/mol. The van der Waals surface area contributed by atoms with Crippen LogP contribution in [0.15, 0.2) is 24.3 Å². The summed E-state index contributed by atoms with van der Waals surface area (Å²) in [6, 6.07) is 8.06. The van der Waals surface area contributed by atoms with Gasteiger partial charge in [-0.2, -0.15) is 0 Å². The van der Waals surface area contributed by atoms with Crippen LogP contribution in [0.1, 0.15) is 24.5 Å². The number of aliphatic hydroxyl groups is 1. The molecule has 0 aliphatic carbocycles. The van der Waals surface area contributed by atoms with Crippen molar-refractivity contribution in [1.82, 2.24) is 0 Å². The molecule has 15 heavy (non-hydrogen) atoms. The Labute approximate surface area is 104 Å². The fourth-order valence-electron chi connectivity index (χ4n) is 1.95. The van der Waals surface area contributed by atoms with Crippen LogP contribution >= 0.6 is 22.6 Å². The van der Waals surface area contributed by atoms with Gasteiger partial charge in [0.05, 0.1) is 12.7 Å². The van der Waals surface area contributed by atoms with Gasteiger partial charge in [0.25, 0.3) is 0 Å². The third-order valence-corrected chi connectivity index (χ3v) is 3.57. The molecule has 0 bridgehead atoms. The third-order valence-electron chi connectivity index (χ3n) is 2.85. The van der Waals surface area contributed by atoms with E-state index in [9.17, 15) is 5.11 Å². The molecule has 1 aromatic rings. The van der Waals surface area contributed by atoms with Crippen LogP contribution in [0.2, 0.25) is 0 Å². The minimum atomic E-state index is -0.373. The van der Waals surface area contributed by atoms with Crippen molar-refractivity contribution in [3.63, 3.8) is 0 Å². The zero-order valence-corrected chi connectivity index (χ0v) is 10.7. The zero-order valence-electron chi connectivity index (χ0n) is 8.53. The predicted octanol–water partition coefficient (Wildman–Crippen LogP) is 2.75. The highest BCUT2D eigenvalue weighted by molar-refractivity contribution is 14.1. The van der Waals surface area contributed by atoms with Gasteiger partial charge in [-0.25, -0.2) is 0 Å². The summed E-state index contributed by atoms with van der Waals surface area (Å²) < 4.78 is 6.58. The van der Waals surface area contributed by atoms with Crippen molar-refractivity contribution in [2.75, 3.05) is 13.2 Å². The largest absolute Gasteiger partial charge is 0.388 e. The molecule has 0 amide bonds. The van der Waals surface area contributed by atoms with E-state index < -0.39 is 0 Å². The summed E-state index contributed by atoms with van der Waals surface area (Å²) in [5, 5.41) is 10.2. The molecule has 1 fully saturated rings. The summed E-state index contributed by atoms with van der Waals surface area (Å²) in [6.45, 7) is 1.53. The average molecular weight is 318 g/mol. The number of benzene rings is 1. The quantitative estimate of drug-likeness (QED) is 0.850. The van der Waals surface area contributed by atoms with Gasteiger partial charge in [0.15, 0.2) is 0 Å². The first-order chi connectivity index (χ1) is 7.27. The average Bonchev–Trinajstić information content (AvgIpc) is 2.30. The molecule has 2 unspecified atom stereocenters. The van der Waals surface area contributed by atoms with Crippen LogP contribution in [0.3, 0.4) is 0 Å². The molecule has 1 aliphatic rings. The Hall–Kier alpha value is -0.130. The molecule has 0 aromatic heterocycles. The summed E-state index contributed by atoms with van der Waals surface area (Å²) in [7, 11) is 0. The summed E-state index contributed by atoms with van der Waals surface area (Å²) in [5.74, 6) is 0.263. The lowest BCUT2D eigenvalue weighted by Crippen LogP contribution is -2.23. The fourth-order valence-corrected chi connectivity index (χ4v) is 2.31. The molecule has 0 saturated carbocycles. The molecule has 0 spiro atoms. The number of rotatable bonds is 2. The topological polar surface area (TPSA) is 29.5 Å². The van der Waals surface area contributed by atoms with Gasteiger partial charge in [0.1, 0.15) is 0 Å². The standard InChI is InChI=1S/C12H15IO2/c13-11-5-3-9(4-6-11)12(14)10-2-1-7-15-8-10/h3-6,10,12,14H,1-2,7-8H2. The molecule has 1 aliphatic heterocycles. The first-order valence-electron chi connectivity index (χ1n) is 5.28. The van der Waals surface area contributed by atoms with Crippen molar-refractivity contribution in [3.05, 3.63) is 33.4 Å². The van der Waals surface area contributed by atoms with Gasteiger partial charge >= 0.3 is 0 Å². The molecule has 2 atom stereocenters. The summed E-state index contributed by atoms with van der Waals surface area (Å²) in [6.07, 6.45) is 1.75. The van der Waals surface area contributed by atoms with Crippen molar-refractivity contribution in [3.8, 4) is 0 Å². The first-order valence-corrected chi connectivity index (χ1v) is 6.36. The maximum absolute atomic E-state index is 10.2. The molecule has 1 aromatic carbocycles. The summed E-state index contributed by atoms with van der Waals surface area (Å²) in [5.41, 5.74) is 1.01. The first kappa shape index (κ1) is 11.4. The van der Waals surface area contributed by atoms with Gasteiger partial charge in [-0.05, 0) is 53.1 Å². The third kappa shape index (κ3) is 2.92. The van der Waals surface area contributed by atoms with E-state index in [0.29, 0.717) is 6.61 Å². The smallest absolute Gasteiger partial charge is 0.0840 e. The lowest BCUT2D eigenvalue weighted by atomic mass is 9.91. The van der Waals surface area contributed by atoms with Crippen LogP contribution in [0.5, 0.6) is 0 Å². The zero-order chi connectivity index (χ0) is 10.7. The molecule has 2 rings (SSSR count). The maximum Gasteiger partial charge on any atom is 0.0840 e. The number of hydrogen-bond acceptors (Lipinski definition) is 2. The van der Waals surface area contributed by atoms with E-state index in [1.807, 2.05) is 24.3 Å². The Balaban J connectivity index is 2.05. The Kier molecular flexibility index (Phi) is 3.99. The van der Waals surface area contributed by atoms with Crippen molar-refractivity contribution in [2.24, 2.45) is 5.92 Å². The highest BCUT2D eigenvalue weighted by Gasteiger charge is 2.23. The second kappa shape index (κ2) is 5.27. The Bertz CT molecular complexity index is 304. The highest BCUT2D eigenvalue weighted by Crippen LogP contribution is 2.28. The molecular weight excluding hydrogens is 303 g/mol. The van der Waals surface area contributed by atoms with Crippen LogP contribution in [0.25, 0.3) is 0 Å². The molecule has 82 valence electrons. The normalized spacial score (nSPS) is 23.7. The van der Waals surface area contributed by atoms with Gasteiger partial charge < -0.3 is 9.84 Å². The Morgan fingerprint density at radius 3 is 2.67 bits per heavy atom. The number of halogens is 1. The van der Waals surface area contributed by atoms with Crippen LogP contribution < -0.4 is 0 Å². The number of aliphatic hydroxyl groups excluding tert-OH is 1. The number of hydrogen-bond donors (Lipinski definition) is 1. The van der Waals surface area contributed by atoms with Gasteiger partial charge in [-0.3, -0.25) is 0 Å². The molecule has 0 radical (unpaired) electrons. The van der Waals surface area contributed by atoms with Crippen molar-refractivity contribution in [1.29, 1.82) is 0 Å². The molecule has 1 N–H and O–H groups in total. The van der Waals surface area contributed by atoms with Crippen LogP contribution in [-0.4, -0.2) is 18.3 Å². The van der Waals surface area contributed by atoms with E-state index in [4.69, 9.17) is 4.74 Å². The fraction of sp³-hybridized carbons (Fsp3) is 0.500. The summed E-state index contributed by atoms with van der Waals surface area (Å²) >= 11 is 2.27. The maximum atomic E-state index is 10.2. The van der Waals surface area contributed by atoms with E-state index in [2.05, 4.69) is 22.6 Å². The van der Waals surface area contributed by atoms with Crippen LogP contribution in [0, 0.1) is 9.49 Å². The van der Waals surface area contributed by atoms with E-state index in [1.54, 1.807) is 0 Å². The SMILES string of the molecule is OC(c1ccc(I)cc1)C1CCCOC1. The van der Waals surface area contributed by atoms with Gasteiger partial charge in [-0.1, -0.05) is 12.1 Å². The van der Waals surface area contributed by atoms with Crippen LogP contribution in [0.4, 0.5) is 0 Å². The lowest BCUT2D eigenvalue weighted by molar-refractivity contribution is -0.00996. The minimum Gasteiger partial charge on any atom is -0.388 e. The molecule has 3 heteroatoms. The molecule has 2 nitrogen and oxygen atoms in total. The molecule has 1 saturated heterocycles. The Morgan fingerprint density at radius 1 is 1.33 bits per heavy atom. The van der Waals surface area contributed by atoms with Gasteiger partial charge in [0.2, 0.25) is 0 Å². The van der Waals surface area contributed by atoms with E-state index >= 15 is 0 Å². The second-order valence-electron chi connectivity index (χ2n) is 3.97. The van der Waals surface area contributed by atoms with Gasteiger partial charge in [0, 0.05) is 16.1 Å². The summed E-state index contributed by atoms with van der Waals surface area (Å²) in [4.78, 5) is 0.